The second-order valence-electron chi connectivity index (χ2n) is 6.98. The van der Waals surface area contributed by atoms with Crippen LogP contribution in [-0.2, 0) is 16.6 Å². The number of alkyl halides is 3. The number of rotatable bonds is 7. The predicted octanol–water partition coefficient (Wildman–Crippen LogP) is 3.92. The molecule has 0 unspecified atom stereocenters. The summed E-state index contributed by atoms with van der Waals surface area (Å²) in [5, 5.41) is 1.74. The molecule has 2 aromatic carbocycles. The lowest BCUT2D eigenvalue weighted by Gasteiger charge is -2.18. The lowest BCUT2D eigenvalue weighted by Crippen LogP contribution is -2.33. The molecule has 158 valence electrons. The number of amides is 1. The summed E-state index contributed by atoms with van der Waals surface area (Å²) in [7, 11) is -2.38. The number of nitrogens with zero attached hydrogens (tertiary/aromatic N) is 1. The van der Waals surface area contributed by atoms with Gasteiger partial charge < -0.3 is 5.32 Å². The first-order valence-corrected chi connectivity index (χ1v) is 10.3. The van der Waals surface area contributed by atoms with Gasteiger partial charge in [-0.1, -0.05) is 38.1 Å². The van der Waals surface area contributed by atoms with Crippen LogP contribution >= 0.6 is 0 Å². The molecule has 0 radical (unpaired) electrons. The Morgan fingerprint density at radius 2 is 1.59 bits per heavy atom. The van der Waals surface area contributed by atoms with Gasteiger partial charge in [0.2, 0.25) is 10.0 Å². The van der Waals surface area contributed by atoms with Crippen LogP contribution in [0.25, 0.3) is 0 Å². The highest BCUT2D eigenvalue weighted by Crippen LogP contribution is 2.20. The van der Waals surface area contributed by atoms with Crippen LogP contribution in [0.15, 0.2) is 53.4 Å². The highest BCUT2D eigenvalue weighted by atomic mass is 32.2. The number of sulfonamides is 1. The van der Waals surface area contributed by atoms with E-state index in [4.69, 9.17) is 0 Å². The van der Waals surface area contributed by atoms with E-state index in [1.807, 2.05) is 24.3 Å². The molecule has 0 aliphatic rings. The van der Waals surface area contributed by atoms with Crippen molar-refractivity contribution in [2.24, 2.45) is 0 Å². The van der Waals surface area contributed by atoms with Gasteiger partial charge in [0.25, 0.3) is 5.91 Å². The average molecular weight is 428 g/mol. The van der Waals surface area contributed by atoms with Crippen molar-refractivity contribution in [1.29, 1.82) is 0 Å². The Bertz CT molecular complexity index is 938. The van der Waals surface area contributed by atoms with Crippen LogP contribution < -0.4 is 5.32 Å². The van der Waals surface area contributed by atoms with E-state index in [2.05, 4.69) is 13.8 Å². The highest BCUT2D eigenvalue weighted by molar-refractivity contribution is 7.89. The fraction of sp³-hybridized carbons (Fsp3) is 0.350. The first-order valence-electron chi connectivity index (χ1n) is 8.90. The minimum atomic E-state index is -4.52. The Kier molecular flexibility index (Phi) is 7.07. The van der Waals surface area contributed by atoms with Crippen LogP contribution in [0.1, 0.15) is 41.3 Å². The molecule has 0 spiro atoms. The maximum Gasteiger partial charge on any atom is 0.405 e. The Morgan fingerprint density at radius 3 is 2.07 bits per heavy atom. The van der Waals surface area contributed by atoms with Crippen molar-refractivity contribution in [3.8, 4) is 0 Å². The van der Waals surface area contributed by atoms with E-state index in [-0.39, 0.29) is 17.0 Å². The Hall–Kier alpha value is -2.39. The Balaban J connectivity index is 2.08. The summed E-state index contributed by atoms with van der Waals surface area (Å²) in [5.74, 6) is -0.553. The van der Waals surface area contributed by atoms with E-state index in [9.17, 15) is 26.4 Å². The third kappa shape index (κ3) is 6.30. The minimum absolute atomic E-state index is 0.0498. The van der Waals surface area contributed by atoms with Crippen molar-refractivity contribution in [3.05, 3.63) is 65.2 Å². The summed E-state index contributed by atoms with van der Waals surface area (Å²) in [4.78, 5) is 11.7. The fourth-order valence-corrected chi connectivity index (χ4v) is 3.75. The summed E-state index contributed by atoms with van der Waals surface area (Å²) in [5.41, 5.74) is 1.92. The normalized spacial score (nSPS) is 12.4. The molecule has 9 heteroatoms. The summed E-state index contributed by atoms with van der Waals surface area (Å²) < 4.78 is 63.2. The van der Waals surface area contributed by atoms with E-state index >= 15 is 0 Å². The Labute approximate surface area is 168 Å². The highest BCUT2D eigenvalue weighted by Gasteiger charge is 2.28. The maximum atomic E-state index is 12.7. The smallest absolute Gasteiger partial charge is 0.343 e. The number of benzene rings is 2. The van der Waals surface area contributed by atoms with Gasteiger partial charge in [-0.3, -0.25) is 4.79 Å². The molecule has 0 saturated heterocycles. The van der Waals surface area contributed by atoms with Crippen molar-refractivity contribution >= 4 is 15.9 Å². The molecule has 1 N–H and O–H groups in total. The van der Waals surface area contributed by atoms with E-state index in [0.717, 1.165) is 11.1 Å². The van der Waals surface area contributed by atoms with Crippen LogP contribution in [0.3, 0.4) is 0 Å². The van der Waals surface area contributed by atoms with Crippen molar-refractivity contribution in [2.75, 3.05) is 13.6 Å². The van der Waals surface area contributed by atoms with Gasteiger partial charge in [0, 0.05) is 19.2 Å². The number of hydrogen-bond donors (Lipinski definition) is 1. The lowest BCUT2D eigenvalue weighted by atomic mass is 10.0. The molecule has 0 atom stereocenters. The van der Waals surface area contributed by atoms with E-state index in [0.29, 0.717) is 5.92 Å². The minimum Gasteiger partial charge on any atom is -0.343 e. The second-order valence-corrected chi connectivity index (χ2v) is 9.02. The number of halogens is 3. The van der Waals surface area contributed by atoms with E-state index in [1.54, 1.807) is 5.32 Å². The number of carbonyl (C=O) groups excluding carboxylic acids is 1. The van der Waals surface area contributed by atoms with Gasteiger partial charge in [-0.25, -0.2) is 8.42 Å². The first kappa shape index (κ1) is 22.9. The van der Waals surface area contributed by atoms with Gasteiger partial charge in [0.1, 0.15) is 6.54 Å². The third-order valence-electron chi connectivity index (χ3n) is 4.33. The van der Waals surface area contributed by atoms with Gasteiger partial charge in [0.05, 0.1) is 4.90 Å². The largest absolute Gasteiger partial charge is 0.405 e. The van der Waals surface area contributed by atoms with Gasteiger partial charge in [-0.2, -0.15) is 17.5 Å². The molecule has 0 saturated carbocycles. The molecule has 5 nitrogen and oxygen atoms in total. The third-order valence-corrected chi connectivity index (χ3v) is 6.14. The molecule has 2 aromatic rings. The molecule has 1 amide bonds. The number of hydrogen-bond acceptors (Lipinski definition) is 3. The standard InChI is InChI=1S/C20H23F3N2O3S/c1-14(2)16-6-4-15(5-7-16)12-25(3)29(27,28)18-10-8-17(9-11-18)19(26)24-13-20(21,22)23/h4-11,14H,12-13H2,1-3H3,(H,24,26). The molecular formula is C20H23F3N2O3S. The number of carbonyl (C=O) groups is 1. The van der Waals surface area contributed by atoms with Gasteiger partial charge in [-0.05, 0) is 41.3 Å². The average Bonchev–Trinajstić information content (AvgIpc) is 2.66. The molecule has 0 aromatic heterocycles. The van der Waals surface area contributed by atoms with Crippen LogP contribution in [-0.4, -0.2) is 38.4 Å². The van der Waals surface area contributed by atoms with Crippen LogP contribution in [0.2, 0.25) is 0 Å². The molecular weight excluding hydrogens is 405 g/mol. The zero-order chi connectivity index (χ0) is 21.8. The fourth-order valence-electron chi connectivity index (χ4n) is 2.59. The Morgan fingerprint density at radius 1 is 1.03 bits per heavy atom. The van der Waals surface area contributed by atoms with E-state index in [1.165, 1.54) is 35.6 Å². The van der Waals surface area contributed by atoms with Crippen molar-refractivity contribution < 1.29 is 26.4 Å². The number of nitrogens with one attached hydrogen (secondary N) is 1. The summed E-state index contributed by atoms with van der Waals surface area (Å²) in [6, 6.07) is 12.4. The van der Waals surface area contributed by atoms with Crippen LogP contribution in [0, 0.1) is 0 Å². The van der Waals surface area contributed by atoms with Crippen molar-refractivity contribution in [2.45, 2.75) is 37.4 Å². The van der Waals surface area contributed by atoms with E-state index < -0.39 is 28.7 Å². The molecule has 0 bridgehead atoms. The summed E-state index contributed by atoms with van der Waals surface area (Å²) in [6.45, 7) is 2.84. The van der Waals surface area contributed by atoms with Gasteiger partial charge in [0.15, 0.2) is 0 Å². The molecule has 2 rings (SSSR count). The van der Waals surface area contributed by atoms with Gasteiger partial charge >= 0.3 is 6.18 Å². The topological polar surface area (TPSA) is 66.5 Å². The maximum absolute atomic E-state index is 12.7. The molecule has 0 fully saturated rings. The van der Waals surface area contributed by atoms with Crippen LogP contribution in [0.4, 0.5) is 13.2 Å². The van der Waals surface area contributed by atoms with Crippen molar-refractivity contribution in [3.63, 3.8) is 0 Å². The zero-order valence-corrected chi connectivity index (χ0v) is 17.1. The zero-order valence-electron chi connectivity index (χ0n) is 16.3. The lowest BCUT2D eigenvalue weighted by molar-refractivity contribution is -0.123. The van der Waals surface area contributed by atoms with Gasteiger partial charge in [-0.15, -0.1) is 0 Å². The molecule has 0 aliphatic carbocycles. The first-order chi connectivity index (χ1) is 13.4. The monoisotopic (exact) mass is 428 g/mol. The summed E-state index contributed by atoms with van der Waals surface area (Å²) in [6.07, 6.45) is -4.52. The quantitative estimate of drug-likeness (QED) is 0.727. The predicted molar refractivity (Wildman–Crippen MR) is 104 cm³/mol. The SMILES string of the molecule is CC(C)c1ccc(CN(C)S(=O)(=O)c2ccc(C(=O)NCC(F)(F)F)cc2)cc1. The second kappa shape index (κ2) is 8.96. The molecule has 0 aliphatic heterocycles. The van der Waals surface area contributed by atoms with Crippen molar-refractivity contribution in [1.82, 2.24) is 9.62 Å². The molecule has 29 heavy (non-hydrogen) atoms. The summed E-state index contributed by atoms with van der Waals surface area (Å²) >= 11 is 0. The molecule has 0 heterocycles. The van der Waals surface area contributed by atoms with Crippen LogP contribution in [0.5, 0.6) is 0 Å².